The van der Waals surface area contributed by atoms with Crippen molar-refractivity contribution in [2.45, 2.75) is 25.1 Å². The molecular weight excluding hydrogens is 363 g/mol. The van der Waals surface area contributed by atoms with E-state index in [4.69, 9.17) is 15.2 Å². The minimum Gasteiger partial charge on any atom is -0.383 e. The molecule has 27 heavy (non-hydrogen) atoms. The Balaban J connectivity index is 2.96. The number of amides is 1. The first-order chi connectivity index (χ1) is 12.8. The molecule has 0 bridgehead atoms. The zero-order valence-electron chi connectivity index (χ0n) is 15.7. The summed E-state index contributed by atoms with van der Waals surface area (Å²) >= 11 is 0. The van der Waals surface area contributed by atoms with E-state index in [1.54, 1.807) is 4.90 Å². The molecule has 1 amide bonds. The zero-order valence-corrected chi connectivity index (χ0v) is 15.7. The van der Waals surface area contributed by atoms with Crippen LogP contribution in [0.4, 0.5) is 18.9 Å². The lowest BCUT2D eigenvalue weighted by molar-refractivity contribution is -0.137. The minimum absolute atomic E-state index is 0.227. The van der Waals surface area contributed by atoms with E-state index in [1.807, 2.05) is 0 Å². The van der Waals surface area contributed by atoms with Crippen LogP contribution in [-0.2, 0) is 20.4 Å². The fraction of sp³-hybridized carbons (Fsp3) is 0.611. The van der Waals surface area contributed by atoms with E-state index < -0.39 is 17.8 Å². The first-order valence-electron chi connectivity index (χ1n) is 8.74. The van der Waals surface area contributed by atoms with Crippen LogP contribution in [0.1, 0.15) is 18.4 Å². The molecule has 0 aromatic heterocycles. The lowest BCUT2D eigenvalue weighted by Crippen LogP contribution is -2.45. The van der Waals surface area contributed by atoms with Gasteiger partial charge in [0, 0.05) is 33.0 Å². The zero-order chi connectivity index (χ0) is 20.3. The van der Waals surface area contributed by atoms with Crippen molar-refractivity contribution in [3.63, 3.8) is 0 Å². The molecule has 3 N–H and O–H groups in total. The number of ether oxygens (including phenoxy) is 2. The number of carbonyl (C=O) groups excluding carboxylic acids is 1. The third-order valence-electron chi connectivity index (χ3n) is 3.97. The van der Waals surface area contributed by atoms with Crippen LogP contribution in [0.5, 0.6) is 0 Å². The van der Waals surface area contributed by atoms with Gasteiger partial charge in [0.05, 0.1) is 18.8 Å². The molecule has 0 radical (unpaired) electrons. The van der Waals surface area contributed by atoms with Crippen molar-refractivity contribution in [1.29, 1.82) is 0 Å². The Labute approximate surface area is 157 Å². The molecular formula is C18H28F3N3O3. The van der Waals surface area contributed by atoms with Crippen LogP contribution >= 0.6 is 0 Å². The smallest absolute Gasteiger partial charge is 0.383 e. The number of hydrogen-bond acceptors (Lipinski definition) is 5. The van der Waals surface area contributed by atoms with E-state index in [0.29, 0.717) is 45.7 Å². The second kappa shape index (κ2) is 11.8. The summed E-state index contributed by atoms with van der Waals surface area (Å²) in [5, 5.41) is 2.93. The number of nitrogens with one attached hydrogen (secondary N) is 1. The maximum atomic E-state index is 12.9. The molecule has 0 unspecified atom stereocenters. The molecule has 0 fully saturated rings. The van der Waals surface area contributed by atoms with Gasteiger partial charge in [-0.2, -0.15) is 13.2 Å². The summed E-state index contributed by atoms with van der Waals surface area (Å²) in [5.41, 5.74) is 5.01. The second-order valence-corrected chi connectivity index (χ2v) is 6.02. The quantitative estimate of drug-likeness (QED) is 0.572. The number of nitrogens with zero attached hydrogens (tertiary/aromatic N) is 1. The van der Waals surface area contributed by atoms with Crippen LogP contribution in [-0.4, -0.2) is 63.9 Å². The Hall–Kier alpha value is -1.84. The van der Waals surface area contributed by atoms with Crippen LogP contribution in [0.25, 0.3) is 0 Å². The minimum atomic E-state index is -4.45. The number of nitrogens with two attached hydrogens (primary N) is 1. The van der Waals surface area contributed by atoms with Crippen molar-refractivity contribution in [3.8, 4) is 0 Å². The van der Waals surface area contributed by atoms with Crippen LogP contribution in [0, 0.1) is 0 Å². The van der Waals surface area contributed by atoms with Gasteiger partial charge in [0.2, 0.25) is 5.91 Å². The Morgan fingerprint density at radius 1 is 1.22 bits per heavy atom. The molecule has 0 heterocycles. The fourth-order valence-corrected chi connectivity index (χ4v) is 2.52. The highest BCUT2D eigenvalue weighted by Gasteiger charge is 2.31. The Kier molecular flexibility index (Phi) is 10.1. The molecule has 1 aromatic carbocycles. The van der Waals surface area contributed by atoms with Crippen molar-refractivity contribution in [1.82, 2.24) is 4.90 Å². The summed E-state index contributed by atoms with van der Waals surface area (Å²) in [6, 6.07) is 4.12. The molecule has 154 valence electrons. The number of carbonyl (C=O) groups is 1. The van der Waals surface area contributed by atoms with Crippen LogP contribution < -0.4 is 11.1 Å². The Bertz CT molecular complexity index is 562. The topological polar surface area (TPSA) is 76.8 Å². The molecule has 1 atom stereocenters. The highest BCUT2D eigenvalue weighted by atomic mass is 19.4. The van der Waals surface area contributed by atoms with E-state index in [2.05, 4.69) is 5.32 Å². The second-order valence-electron chi connectivity index (χ2n) is 6.02. The summed E-state index contributed by atoms with van der Waals surface area (Å²) in [7, 11) is 3.07. The summed E-state index contributed by atoms with van der Waals surface area (Å²) in [4.78, 5) is 14.5. The molecule has 9 heteroatoms. The van der Waals surface area contributed by atoms with Gasteiger partial charge in [0.1, 0.15) is 6.04 Å². The molecule has 1 aromatic rings. The van der Waals surface area contributed by atoms with Gasteiger partial charge in [-0.3, -0.25) is 4.79 Å². The van der Waals surface area contributed by atoms with Crippen LogP contribution in [0.2, 0.25) is 0 Å². The lowest BCUT2D eigenvalue weighted by Gasteiger charge is -2.28. The SMILES string of the molecule is COCCN(CCOC)C(=O)[C@H](CCCN)Nc1cccc(C(F)(F)F)c1. The van der Waals surface area contributed by atoms with E-state index >= 15 is 0 Å². The summed E-state index contributed by atoms with van der Waals surface area (Å²) in [6.45, 7) is 1.81. The molecule has 0 spiro atoms. The third-order valence-corrected chi connectivity index (χ3v) is 3.97. The van der Waals surface area contributed by atoms with E-state index in [0.717, 1.165) is 12.1 Å². The van der Waals surface area contributed by atoms with Crippen molar-refractivity contribution in [2.75, 3.05) is 52.4 Å². The van der Waals surface area contributed by atoms with E-state index in [-0.39, 0.29) is 11.6 Å². The van der Waals surface area contributed by atoms with Gasteiger partial charge in [0.25, 0.3) is 0 Å². The van der Waals surface area contributed by atoms with Crippen molar-refractivity contribution >= 4 is 11.6 Å². The average molecular weight is 391 g/mol. The van der Waals surface area contributed by atoms with E-state index in [1.165, 1.54) is 26.4 Å². The van der Waals surface area contributed by atoms with Gasteiger partial charge < -0.3 is 25.4 Å². The lowest BCUT2D eigenvalue weighted by atomic mass is 10.1. The monoisotopic (exact) mass is 391 g/mol. The van der Waals surface area contributed by atoms with Gasteiger partial charge in [0.15, 0.2) is 0 Å². The molecule has 1 rings (SSSR count). The number of methoxy groups -OCH3 is 2. The highest BCUT2D eigenvalue weighted by Crippen LogP contribution is 2.31. The molecule has 6 nitrogen and oxygen atoms in total. The first-order valence-corrected chi connectivity index (χ1v) is 8.74. The van der Waals surface area contributed by atoms with Gasteiger partial charge >= 0.3 is 6.18 Å². The third kappa shape index (κ3) is 8.15. The summed E-state index contributed by atoms with van der Waals surface area (Å²) < 4.78 is 48.8. The molecule has 0 aliphatic rings. The highest BCUT2D eigenvalue weighted by molar-refractivity contribution is 5.84. The van der Waals surface area contributed by atoms with Gasteiger partial charge in [-0.25, -0.2) is 0 Å². The molecule has 0 aliphatic heterocycles. The average Bonchev–Trinajstić information content (AvgIpc) is 2.64. The number of benzene rings is 1. The predicted molar refractivity (Wildman–Crippen MR) is 97.5 cm³/mol. The molecule has 0 aliphatic carbocycles. The number of anilines is 1. The maximum absolute atomic E-state index is 12.9. The van der Waals surface area contributed by atoms with Gasteiger partial charge in [-0.05, 0) is 37.6 Å². The number of alkyl halides is 3. The number of rotatable bonds is 12. The standard InChI is InChI=1S/C18H28F3N3O3/c1-26-11-9-24(10-12-27-2)17(25)16(7-4-8-22)23-15-6-3-5-14(13-15)18(19,20)21/h3,5-6,13,16,23H,4,7-12,22H2,1-2H3/t16-/m0/s1. The van der Waals surface area contributed by atoms with E-state index in [9.17, 15) is 18.0 Å². The molecule has 0 saturated carbocycles. The number of hydrogen-bond donors (Lipinski definition) is 2. The number of halogens is 3. The van der Waals surface area contributed by atoms with Crippen molar-refractivity contribution in [2.24, 2.45) is 5.73 Å². The van der Waals surface area contributed by atoms with Crippen LogP contribution in [0.3, 0.4) is 0 Å². The van der Waals surface area contributed by atoms with Gasteiger partial charge in [-0.1, -0.05) is 6.07 Å². The Morgan fingerprint density at radius 2 is 1.85 bits per heavy atom. The fourth-order valence-electron chi connectivity index (χ4n) is 2.52. The molecule has 0 saturated heterocycles. The van der Waals surface area contributed by atoms with Crippen molar-refractivity contribution in [3.05, 3.63) is 29.8 Å². The normalized spacial score (nSPS) is 12.7. The maximum Gasteiger partial charge on any atom is 0.416 e. The van der Waals surface area contributed by atoms with Crippen molar-refractivity contribution < 1.29 is 27.4 Å². The van der Waals surface area contributed by atoms with Crippen LogP contribution in [0.15, 0.2) is 24.3 Å². The van der Waals surface area contributed by atoms with Gasteiger partial charge in [-0.15, -0.1) is 0 Å². The first kappa shape index (κ1) is 23.2. The Morgan fingerprint density at radius 3 is 2.37 bits per heavy atom. The largest absolute Gasteiger partial charge is 0.416 e. The summed E-state index contributed by atoms with van der Waals surface area (Å²) in [5.74, 6) is -0.227. The summed E-state index contributed by atoms with van der Waals surface area (Å²) in [6.07, 6.45) is -3.48. The predicted octanol–water partition coefficient (Wildman–Crippen LogP) is 2.35.